The van der Waals surface area contributed by atoms with Crippen molar-refractivity contribution in [3.05, 3.63) is 82.9 Å². The van der Waals surface area contributed by atoms with Crippen molar-refractivity contribution in [2.75, 3.05) is 32.9 Å². The lowest BCUT2D eigenvalue weighted by Crippen LogP contribution is -2.56. The summed E-state index contributed by atoms with van der Waals surface area (Å²) in [5.41, 5.74) is 3.40. The molecule has 2 N–H and O–H groups in total. The SMILES string of the molecule is Cc1ccc2cc1OCC(=O)NCc1ccc(cc1)O[C@H]1CCN(Cc3ccc4c(c3)OCCO4)C[C@@H]1NC2=O. The van der Waals surface area contributed by atoms with Crippen LogP contribution in [0.3, 0.4) is 0 Å². The van der Waals surface area contributed by atoms with E-state index in [0.717, 1.165) is 46.9 Å². The number of carbonyl (C=O) groups excluding carboxylic acids is 2. The third kappa shape index (κ3) is 5.99. The summed E-state index contributed by atoms with van der Waals surface area (Å²) in [7, 11) is 0. The quantitative estimate of drug-likeness (QED) is 0.512. The average Bonchev–Trinajstić information content (AvgIpc) is 2.97. The predicted octanol–water partition coefficient (Wildman–Crippen LogP) is 3.23. The van der Waals surface area contributed by atoms with Crippen molar-refractivity contribution in [2.24, 2.45) is 0 Å². The van der Waals surface area contributed by atoms with Gasteiger partial charge >= 0.3 is 0 Å². The normalized spacial score (nSPS) is 21.2. The van der Waals surface area contributed by atoms with E-state index in [4.69, 9.17) is 18.9 Å². The van der Waals surface area contributed by atoms with Gasteiger partial charge in [-0.25, -0.2) is 0 Å². The van der Waals surface area contributed by atoms with E-state index in [1.807, 2.05) is 49.4 Å². The highest BCUT2D eigenvalue weighted by Gasteiger charge is 2.33. The number of amides is 2. The molecule has 4 aliphatic heterocycles. The van der Waals surface area contributed by atoms with Gasteiger partial charge < -0.3 is 29.6 Å². The van der Waals surface area contributed by atoms with Gasteiger partial charge in [-0.2, -0.15) is 0 Å². The largest absolute Gasteiger partial charge is 0.488 e. The molecule has 3 aromatic carbocycles. The van der Waals surface area contributed by atoms with Crippen molar-refractivity contribution >= 4 is 11.8 Å². The molecule has 1 fully saturated rings. The van der Waals surface area contributed by atoms with Gasteiger partial charge in [-0.15, -0.1) is 0 Å². The van der Waals surface area contributed by atoms with Gasteiger partial charge in [0, 0.05) is 31.7 Å². The number of aryl methyl sites for hydroxylation is 1. The summed E-state index contributed by atoms with van der Waals surface area (Å²) in [4.78, 5) is 28.1. The lowest BCUT2D eigenvalue weighted by atomic mass is 10.00. The first-order valence-corrected chi connectivity index (χ1v) is 13.7. The van der Waals surface area contributed by atoms with Gasteiger partial charge in [0.15, 0.2) is 18.1 Å². The second kappa shape index (κ2) is 11.5. The number of ether oxygens (including phenoxy) is 4. The Bertz CT molecular complexity index is 1390. The number of hydrogen-bond donors (Lipinski definition) is 2. The number of fused-ring (bicyclic) bond motifs is 8. The first-order chi connectivity index (χ1) is 19.5. The van der Waals surface area contributed by atoms with E-state index in [-0.39, 0.29) is 30.6 Å². The number of benzene rings is 3. The summed E-state index contributed by atoms with van der Waals surface area (Å²) in [6, 6.07) is 18.8. The maximum Gasteiger partial charge on any atom is 0.258 e. The van der Waals surface area contributed by atoms with Crippen molar-refractivity contribution in [3.8, 4) is 23.0 Å². The monoisotopic (exact) mass is 543 g/mol. The van der Waals surface area contributed by atoms with Crippen LogP contribution in [0.25, 0.3) is 0 Å². The van der Waals surface area contributed by atoms with Crippen LogP contribution in [0.15, 0.2) is 60.7 Å². The molecule has 7 rings (SSSR count). The molecule has 4 bridgehead atoms. The third-order valence-corrected chi connectivity index (χ3v) is 7.47. The number of carbonyl (C=O) groups is 2. The number of nitrogens with one attached hydrogen (secondary N) is 2. The van der Waals surface area contributed by atoms with Crippen molar-refractivity contribution in [1.29, 1.82) is 0 Å². The van der Waals surface area contributed by atoms with Gasteiger partial charge in [0.2, 0.25) is 0 Å². The van der Waals surface area contributed by atoms with Gasteiger partial charge in [-0.3, -0.25) is 14.5 Å². The van der Waals surface area contributed by atoms with Crippen LogP contribution in [0, 0.1) is 6.92 Å². The minimum atomic E-state index is -0.247. The maximum absolute atomic E-state index is 13.5. The van der Waals surface area contributed by atoms with Crippen LogP contribution in [-0.2, 0) is 17.9 Å². The van der Waals surface area contributed by atoms with Gasteiger partial charge in [-0.1, -0.05) is 24.3 Å². The Morgan fingerprint density at radius 2 is 1.73 bits per heavy atom. The molecule has 0 aliphatic carbocycles. The van der Waals surface area contributed by atoms with Crippen LogP contribution in [-0.4, -0.2) is 61.8 Å². The molecule has 9 nitrogen and oxygen atoms in total. The predicted molar refractivity (Wildman–Crippen MR) is 148 cm³/mol. The number of hydrogen-bond acceptors (Lipinski definition) is 7. The van der Waals surface area contributed by atoms with E-state index < -0.39 is 0 Å². The molecule has 0 unspecified atom stereocenters. The first kappa shape index (κ1) is 26.0. The van der Waals surface area contributed by atoms with Crippen LogP contribution >= 0.6 is 0 Å². The molecule has 9 heteroatoms. The second-order valence-corrected chi connectivity index (χ2v) is 10.4. The zero-order valence-corrected chi connectivity index (χ0v) is 22.5. The molecule has 0 radical (unpaired) electrons. The number of rotatable bonds is 2. The number of likely N-dealkylation sites (tertiary alicyclic amines) is 1. The van der Waals surface area contributed by atoms with Gasteiger partial charge in [0.05, 0.1) is 6.04 Å². The standard InChI is InChI=1S/C31H33N3O6/c1-20-2-6-23-15-28(20)39-19-30(35)32-16-21-3-7-24(8-4-21)40-26-10-11-34(18-25(26)33-31(23)36)17-22-5-9-27-29(14-22)38-13-12-37-27/h2-9,14-15,25-26H,10-13,16-19H2,1H3,(H,32,35)(H,33,36)/t25-,26-/m0/s1. The zero-order chi connectivity index (χ0) is 27.5. The highest BCUT2D eigenvalue weighted by Crippen LogP contribution is 2.32. The van der Waals surface area contributed by atoms with E-state index >= 15 is 0 Å². The van der Waals surface area contributed by atoms with E-state index in [0.29, 0.717) is 44.2 Å². The van der Waals surface area contributed by atoms with Crippen LogP contribution in [0.2, 0.25) is 0 Å². The van der Waals surface area contributed by atoms with E-state index in [2.05, 4.69) is 21.6 Å². The lowest BCUT2D eigenvalue weighted by molar-refractivity contribution is -0.123. The fourth-order valence-corrected chi connectivity index (χ4v) is 5.27. The highest BCUT2D eigenvalue weighted by atomic mass is 16.6. The van der Waals surface area contributed by atoms with Crippen molar-refractivity contribution in [3.63, 3.8) is 0 Å². The molecule has 1 saturated heterocycles. The summed E-state index contributed by atoms with van der Waals surface area (Å²) in [5, 5.41) is 6.09. The van der Waals surface area contributed by atoms with Crippen LogP contribution in [0.5, 0.6) is 23.0 Å². The molecule has 40 heavy (non-hydrogen) atoms. The van der Waals surface area contributed by atoms with E-state index in [1.54, 1.807) is 12.1 Å². The van der Waals surface area contributed by atoms with Crippen LogP contribution < -0.4 is 29.6 Å². The summed E-state index contributed by atoms with van der Waals surface area (Å²) < 4.78 is 23.6. The minimum absolute atomic E-state index is 0.132. The topological polar surface area (TPSA) is 98.4 Å². The molecule has 0 saturated carbocycles. The number of nitrogens with zero attached hydrogens (tertiary/aromatic N) is 1. The molecule has 2 atom stereocenters. The summed E-state index contributed by atoms with van der Waals surface area (Å²) in [6.07, 6.45) is 0.540. The Hall–Kier alpha value is -4.24. The Balaban J connectivity index is 1.24. The maximum atomic E-state index is 13.5. The molecule has 208 valence electrons. The van der Waals surface area contributed by atoms with Crippen LogP contribution in [0.4, 0.5) is 0 Å². The van der Waals surface area contributed by atoms with Gasteiger partial charge in [0.25, 0.3) is 11.8 Å². The molecule has 0 spiro atoms. The lowest BCUT2D eigenvalue weighted by Gasteiger charge is -2.39. The summed E-state index contributed by atoms with van der Waals surface area (Å²) >= 11 is 0. The Kier molecular flexibility index (Phi) is 7.46. The van der Waals surface area contributed by atoms with Crippen molar-refractivity contribution < 1.29 is 28.5 Å². The average molecular weight is 544 g/mol. The smallest absolute Gasteiger partial charge is 0.258 e. The van der Waals surface area contributed by atoms with Gasteiger partial charge in [-0.05, 0) is 66.4 Å². The molecule has 4 aliphatic rings. The molecule has 2 amide bonds. The van der Waals surface area contributed by atoms with Crippen molar-refractivity contribution in [1.82, 2.24) is 15.5 Å². The highest BCUT2D eigenvalue weighted by molar-refractivity contribution is 5.95. The van der Waals surface area contributed by atoms with Gasteiger partial charge in [0.1, 0.15) is 30.8 Å². The fraction of sp³-hybridized carbons (Fsp3) is 0.355. The molecule has 0 aromatic heterocycles. The number of piperidine rings is 1. The molecular weight excluding hydrogens is 510 g/mol. The molecule has 4 heterocycles. The minimum Gasteiger partial charge on any atom is -0.488 e. The first-order valence-electron chi connectivity index (χ1n) is 13.7. The second-order valence-electron chi connectivity index (χ2n) is 10.4. The zero-order valence-electron chi connectivity index (χ0n) is 22.5. The van der Waals surface area contributed by atoms with Crippen LogP contribution in [0.1, 0.15) is 33.5 Å². The Labute approximate surface area is 233 Å². The van der Waals surface area contributed by atoms with E-state index in [9.17, 15) is 9.59 Å². The van der Waals surface area contributed by atoms with E-state index in [1.165, 1.54) is 0 Å². The summed E-state index contributed by atoms with van der Waals surface area (Å²) in [6.45, 7) is 5.41. The molecule has 3 aromatic rings. The Morgan fingerprint density at radius 1 is 0.900 bits per heavy atom. The Morgan fingerprint density at radius 3 is 2.58 bits per heavy atom. The van der Waals surface area contributed by atoms with Crippen molar-refractivity contribution in [2.45, 2.75) is 38.6 Å². The summed E-state index contributed by atoms with van der Waals surface area (Å²) in [5.74, 6) is 2.33. The molecular formula is C31H33N3O6. The fourth-order valence-electron chi connectivity index (χ4n) is 5.27. The third-order valence-electron chi connectivity index (χ3n) is 7.47.